The van der Waals surface area contributed by atoms with Crippen LogP contribution in [-0.4, -0.2) is 31.2 Å². The molecule has 0 aliphatic carbocycles. The van der Waals surface area contributed by atoms with Gasteiger partial charge < -0.3 is 15.4 Å². The van der Waals surface area contributed by atoms with Crippen molar-refractivity contribution in [2.45, 2.75) is 17.7 Å². The van der Waals surface area contributed by atoms with Crippen molar-refractivity contribution in [3.05, 3.63) is 71.3 Å². The molecule has 0 unspecified atom stereocenters. The molecule has 2 aromatic carbocycles. The van der Waals surface area contributed by atoms with Crippen LogP contribution in [0.15, 0.2) is 59.6 Å². The zero-order valence-corrected chi connectivity index (χ0v) is 19.2. The Labute approximate surface area is 197 Å². The fraction of sp³-hybridized carbons (Fsp3) is 0.200. The van der Waals surface area contributed by atoms with Crippen molar-refractivity contribution in [3.63, 3.8) is 0 Å². The van der Waals surface area contributed by atoms with Gasteiger partial charge in [0.05, 0.1) is 12.2 Å². The summed E-state index contributed by atoms with van der Waals surface area (Å²) in [5, 5.41) is 26.5. The third-order valence-electron chi connectivity index (χ3n) is 4.70. The van der Waals surface area contributed by atoms with Crippen LogP contribution in [0.2, 0.25) is 0 Å². The first-order chi connectivity index (χ1) is 16.1. The number of nitrogens with one attached hydrogen (secondary N) is 2. The summed E-state index contributed by atoms with van der Waals surface area (Å²) in [6, 6.07) is 21.4. The molecule has 0 radical (unpaired) electrons. The van der Waals surface area contributed by atoms with E-state index in [1.807, 2.05) is 30.3 Å². The quantitative estimate of drug-likeness (QED) is 0.351. The van der Waals surface area contributed by atoms with E-state index in [1.54, 1.807) is 31.4 Å². The van der Waals surface area contributed by atoms with Crippen molar-refractivity contribution >= 4 is 29.2 Å². The molecular formula is C25H23N5O2S. The molecule has 1 aromatic heterocycles. The molecular weight excluding hydrogens is 434 g/mol. The number of ether oxygens (including phenoxy) is 1. The Hall–Kier alpha value is -3.85. The molecule has 0 aliphatic heterocycles. The third-order valence-corrected chi connectivity index (χ3v) is 5.75. The monoisotopic (exact) mass is 457 g/mol. The molecule has 0 fully saturated rings. The number of carbonyl (C=O) groups excluding carboxylic acids is 1. The van der Waals surface area contributed by atoms with Crippen molar-refractivity contribution in [1.82, 2.24) is 4.98 Å². The molecule has 1 amide bonds. The van der Waals surface area contributed by atoms with Gasteiger partial charge in [0.2, 0.25) is 5.91 Å². The number of benzene rings is 2. The molecule has 3 aromatic rings. The van der Waals surface area contributed by atoms with E-state index >= 15 is 0 Å². The lowest BCUT2D eigenvalue weighted by Gasteiger charge is -2.16. The number of thioether (sulfide) groups is 1. The van der Waals surface area contributed by atoms with Crippen molar-refractivity contribution in [3.8, 4) is 23.3 Å². The Kier molecular flexibility index (Phi) is 8.43. The van der Waals surface area contributed by atoms with Crippen LogP contribution in [0.4, 0.5) is 11.5 Å². The largest absolute Gasteiger partial charge is 0.383 e. The SMILES string of the molecule is COCCNc1nc(SCc2ccccc2)c(C#N)c(-c2ccc(NC(C)=O)cc2)c1C#N. The molecule has 7 nitrogen and oxygen atoms in total. The summed E-state index contributed by atoms with van der Waals surface area (Å²) >= 11 is 1.45. The van der Waals surface area contributed by atoms with E-state index in [0.29, 0.717) is 57.7 Å². The second kappa shape index (κ2) is 11.7. The van der Waals surface area contributed by atoms with Crippen molar-refractivity contribution in [2.75, 3.05) is 30.9 Å². The lowest BCUT2D eigenvalue weighted by atomic mass is 9.96. The average molecular weight is 458 g/mol. The number of nitriles is 2. The smallest absolute Gasteiger partial charge is 0.221 e. The summed E-state index contributed by atoms with van der Waals surface area (Å²) in [7, 11) is 1.60. The highest BCUT2D eigenvalue weighted by molar-refractivity contribution is 7.98. The second-order valence-electron chi connectivity index (χ2n) is 7.07. The minimum Gasteiger partial charge on any atom is -0.383 e. The average Bonchev–Trinajstić information content (AvgIpc) is 2.83. The van der Waals surface area contributed by atoms with Gasteiger partial charge in [-0.15, -0.1) is 11.8 Å². The highest BCUT2D eigenvalue weighted by Crippen LogP contribution is 2.37. The van der Waals surface area contributed by atoms with Crippen LogP contribution in [0.1, 0.15) is 23.6 Å². The first-order valence-corrected chi connectivity index (χ1v) is 11.2. The number of carbonyl (C=O) groups is 1. The third kappa shape index (κ3) is 6.11. The standard InChI is InChI=1S/C25H23N5O2S/c1-17(31)29-20-10-8-19(9-11-20)23-21(14-26)24(28-12-13-32-2)30-25(22(23)15-27)33-16-18-6-4-3-5-7-18/h3-11H,12-13,16H2,1-2H3,(H,28,30)(H,29,31). The van der Waals surface area contributed by atoms with Gasteiger partial charge >= 0.3 is 0 Å². The lowest BCUT2D eigenvalue weighted by molar-refractivity contribution is -0.114. The molecule has 0 bridgehead atoms. The normalized spacial score (nSPS) is 10.2. The molecule has 8 heteroatoms. The van der Waals surface area contributed by atoms with Crippen LogP contribution in [-0.2, 0) is 15.3 Å². The van der Waals surface area contributed by atoms with Crippen molar-refractivity contribution < 1.29 is 9.53 Å². The molecule has 33 heavy (non-hydrogen) atoms. The number of methoxy groups -OCH3 is 1. The molecule has 0 spiro atoms. The van der Waals surface area contributed by atoms with E-state index in [-0.39, 0.29) is 5.91 Å². The van der Waals surface area contributed by atoms with E-state index in [1.165, 1.54) is 18.7 Å². The molecule has 3 rings (SSSR count). The zero-order chi connectivity index (χ0) is 23.6. The Bertz CT molecular complexity index is 1200. The number of nitrogens with zero attached hydrogens (tertiary/aromatic N) is 3. The van der Waals surface area contributed by atoms with Crippen LogP contribution in [0.5, 0.6) is 0 Å². The number of hydrogen-bond donors (Lipinski definition) is 2. The van der Waals surface area contributed by atoms with Crippen molar-refractivity contribution in [2.24, 2.45) is 0 Å². The summed E-state index contributed by atoms with van der Waals surface area (Å²) in [4.78, 5) is 16.0. The summed E-state index contributed by atoms with van der Waals surface area (Å²) in [5.74, 6) is 0.865. The van der Waals surface area contributed by atoms with E-state index < -0.39 is 0 Å². The van der Waals surface area contributed by atoms with E-state index in [0.717, 1.165) is 5.56 Å². The maximum Gasteiger partial charge on any atom is 0.221 e. The second-order valence-corrected chi connectivity index (χ2v) is 8.03. The van der Waals surface area contributed by atoms with E-state index in [2.05, 4.69) is 27.8 Å². The predicted molar refractivity (Wildman–Crippen MR) is 130 cm³/mol. The van der Waals surface area contributed by atoms with Gasteiger partial charge in [0.15, 0.2) is 0 Å². The number of hydrogen-bond acceptors (Lipinski definition) is 7. The topological polar surface area (TPSA) is 111 Å². The molecule has 0 saturated heterocycles. The maximum atomic E-state index is 11.3. The summed E-state index contributed by atoms with van der Waals surface area (Å²) in [6.07, 6.45) is 0. The number of aromatic nitrogens is 1. The van der Waals surface area contributed by atoms with Crippen LogP contribution in [0.3, 0.4) is 0 Å². The number of pyridine rings is 1. The van der Waals surface area contributed by atoms with Gasteiger partial charge in [-0.3, -0.25) is 4.79 Å². The molecule has 0 aliphatic rings. The number of amides is 1. The Morgan fingerprint density at radius 2 is 1.76 bits per heavy atom. The minimum absolute atomic E-state index is 0.175. The maximum absolute atomic E-state index is 11.3. The Morgan fingerprint density at radius 1 is 1.06 bits per heavy atom. The van der Waals surface area contributed by atoms with Crippen LogP contribution in [0, 0.1) is 22.7 Å². The van der Waals surface area contributed by atoms with Crippen molar-refractivity contribution in [1.29, 1.82) is 10.5 Å². The highest BCUT2D eigenvalue weighted by Gasteiger charge is 2.22. The predicted octanol–water partition coefficient (Wildman–Crippen LogP) is 4.80. The molecule has 0 atom stereocenters. The van der Waals surface area contributed by atoms with E-state index in [9.17, 15) is 15.3 Å². The fourth-order valence-corrected chi connectivity index (χ4v) is 4.16. The zero-order valence-electron chi connectivity index (χ0n) is 18.4. The first-order valence-electron chi connectivity index (χ1n) is 10.2. The summed E-state index contributed by atoms with van der Waals surface area (Å²) in [6.45, 7) is 2.35. The van der Waals surface area contributed by atoms with Gasteiger partial charge in [-0.25, -0.2) is 4.98 Å². The fourth-order valence-electron chi connectivity index (χ4n) is 3.22. The Morgan fingerprint density at radius 3 is 2.36 bits per heavy atom. The number of anilines is 2. The highest BCUT2D eigenvalue weighted by atomic mass is 32.2. The summed E-state index contributed by atoms with van der Waals surface area (Å²) < 4.78 is 5.11. The van der Waals surface area contributed by atoms with Crippen LogP contribution < -0.4 is 10.6 Å². The van der Waals surface area contributed by atoms with Gasteiger partial charge in [-0.2, -0.15) is 10.5 Å². The Balaban J connectivity index is 2.09. The summed E-state index contributed by atoms with van der Waals surface area (Å²) in [5.41, 5.74) is 3.58. The van der Waals surface area contributed by atoms with Crippen LogP contribution >= 0.6 is 11.8 Å². The van der Waals surface area contributed by atoms with Gasteiger partial charge in [0, 0.05) is 37.6 Å². The lowest BCUT2D eigenvalue weighted by Crippen LogP contribution is -2.12. The molecule has 2 N–H and O–H groups in total. The van der Waals surface area contributed by atoms with Gasteiger partial charge in [0.25, 0.3) is 0 Å². The molecule has 166 valence electrons. The molecule has 1 heterocycles. The number of rotatable bonds is 9. The van der Waals surface area contributed by atoms with Crippen LogP contribution in [0.25, 0.3) is 11.1 Å². The van der Waals surface area contributed by atoms with Gasteiger partial charge in [0.1, 0.15) is 28.5 Å². The van der Waals surface area contributed by atoms with Gasteiger partial charge in [-0.05, 0) is 23.3 Å². The first kappa shape index (κ1) is 23.8. The molecule has 0 saturated carbocycles. The van der Waals surface area contributed by atoms with Gasteiger partial charge in [-0.1, -0.05) is 42.5 Å². The van der Waals surface area contributed by atoms with E-state index in [4.69, 9.17) is 4.74 Å². The minimum atomic E-state index is -0.175.